The number of anilines is 2. The highest BCUT2D eigenvalue weighted by Crippen LogP contribution is 2.47. The van der Waals surface area contributed by atoms with Gasteiger partial charge in [0.1, 0.15) is 23.2 Å². The molecule has 1 atom stereocenters. The topological polar surface area (TPSA) is 97.0 Å². The lowest BCUT2D eigenvalue weighted by Gasteiger charge is -2.44. The summed E-state index contributed by atoms with van der Waals surface area (Å²) in [6.07, 6.45) is 1.31. The molecule has 2 aliphatic rings. The molecular formula is C32H32FN7O. The largest absolute Gasteiger partial charge is 0.508 e. The van der Waals surface area contributed by atoms with Gasteiger partial charge in [-0.3, -0.25) is 0 Å². The number of aromatic hydroxyl groups is 1. The van der Waals surface area contributed by atoms with Gasteiger partial charge in [-0.25, -0.2) is 14.2 Å². The van der Waals surface area contributed by atoms with Crippen LogP contribution in [0.25, 0.3) is 37.5 Å². The van der Waals surface area contributed by atoms with Gasteiger partial charge in [0.15, 0.2) is 0 Å². The summed E-state index contributed by atoms with van der Waals surface area (Å²) in [6, 6.07) is 15.1. The van der Waals surface area contributed by atoms with E-state index in [-0.39, 0.29) is 29.3 Å². The Labute approximate surface area is 238 Å². The van der Waals surface area contributed by atoms with E-state index in [1.807, 2.05) is 49.3 Å². The third kappa shape index (κ3) is 4.58. The molecule has 0 unspecified atom stereocenters. The van der Waals surface area contributed by atoms with Gasteiger partial charge in [0, 0.05) is 61.0 Å². The highest BCUT2D eigenvalue weighted by Gasteiger charge is 2.35. The zero-order chi connectivity index (χ0) is 28.8. The summed E-state index contributed by atoms with van der Waals surface area (Å²) < 4.78 is 17.3. The zero-order valence-electron chi connectivity index (χ0n) is 23.2. The number of nitrogens with zero attached hydrogens (tertiary/aromatic N) is 6. The number of aryl methyl sites for hydroxylation is 1. The number of benzene rings is 3. The monoisotopic (exact) mass is 549 g/mol. The Morgan fingerprint density at radius 2 is 1.93 bits per heavy atom. The molecule has 0 spiro atoms. The molecule has 0 aliphatic carbocycles. The van der Waals surface area contributed by atoms with Crippen LogP contribution in [0.4, 0.5) is 21.7 Å². The summed E-state index contributed by atoms with van der Waals surface area (Å²) in [5.74, 6) is 0.590. The second-order valence-corrected chi connectivity index (χ2v) is 11.3. The number of halogens is 1. The predicted octanol–water partition coefficient (Wildman–Crippen LogP) is 5.19. The van der Waals surface area contributed by atoms with Crippen molar-refractivity contribution in [2.75, 3.05) is 50.1 Å². The third-order valence-corrected chi connectivity index (χ3v) is 8.40. The highest BCUT2D eigenvalue weighted by molar-refractivity contribution is 6.10. The van der Waals surface area contributed by atoms with Crippen LogP contribution in [0.3, 0.4) is 0 Å². The molecular weight excluding hydrogens is 517 g/mol. The van der Waals surface area contributed by atoms with Gasteiger partial charge in [-0.1, -0.05) is 24.3 Å². The molecule has 41 heavy (non-hydrogen) atoms. The minimum Gasteiger partial charge on any atom is -0.508 e. The molecule has 0 saturated carbocycles. The first-order valence-corrected chi connectivity index (χ1v) is 13.9. The molecule has 3 heterocycles. The number of phenols is 1. The number of nitrogens with two attached hydrogens (primary N) is 1. The van der Waals surface area contributed by atoms with E-state index in [0.29, 0.717) is 72.4 Å². The summed E-state index contributed by atoms with van der Waals surface area (Å²) in [6.45, 7) is 10.8. The summed E-state index contributed by atoms with van der Waals surface area (Å²) in [7, 11) is 4.05. The van der Waals surface area contributed by atoms with Gasteiger partial charge in [0.2, 0.25) is 5.69 Å². The molecule has 0 radical (unpaired) electrons. The van der Waals surface area contributed by atoms with Gasteiger partial charge in [0.25, 0.3) is 0 Å². The maximum atomic E-state index is 17.3. The first-order chi connectivity index (χ1) is 19.8. The van der Waals surface area contributed by atoms with Crippen molar-refractivity contribution in [1.29, 1.82) is 5.26 Å². The van der Waals surface area contributed by atoms with Crippen molar-refractivity contribution < 1.29 is 9.50 Å². The van der Waals surface area contributed by atoms with Gasteiger partial charge in [-0.05, 0) is 67.0 Å². The quantitative estimate of drug-likeness (QED) is 0.319. The molecule has 9 heteroatoms. The van der Waals surface area contributed by atoms with Crippen LogP contribution in [0.1, 0.15) is 18.4 Å². The van der Waals surface area contributed by atoms with Gasteiger partial charge in [-0.15, -0.1) is 0 Å². The fraction of sp³-hybridized carbons (Fsp3) is 0.344. The zero-order valence-corrected chi connectivity index (χ0v) is 23.2. The fourth-order valence-electron chi connectivity index (χ4n) is 6.12. The lowest BCUT2D eigenvalue weighted by Crippen LogP contribution is -2.57. The number of nitriles is 1. The number of phenolic OH excluding ortho intramolecular Hbond substituents is 1. The van der Waals surface area contributed by atoms with E-state index in [9.17, 15) is 10.4 Å². The van der Waals surface area contributed by atoms with Crippen molar-refractivity contribution in [2.24, 2.45) is 5.73 Å². The smallest absolute Gasteiger partial charge is 0.239 e. The number of rotatable bonds is 6. The van der Waals surface area contributed by atoms with Gasteiger partial charge < -0.3 is 25.5 Å². The van der Waals surface area contributed by atoms with Gasteiger partial charge in [0.05, 0.1) is 12.6 Å². The van der Waals surface area contributed by atoms with E-state index >= 15 is 4.39 Å². The Morgan fingerprint density at radius 3 is 2.61 bits per heavy atom. The van der Waals surface area contributed by atoms with Crippen LogP contribution in [0.15, 0.2) is 42.5 Å². The van der Waals surface area contributed by atoms with Crippen LogP contribution >= 0.6 is 0 Å². The lowest BCUT2D eigenvalue weighted by atomic mass is 9.89. The Kier molecular flexibility index (Phi) is 6.86. The van der Waals surface area contributed by atoms with E-state index in [0.717, 1.165) is 17.2 Å². The Balaban J connectivity index is 1.68. The van der Waals surface area contributed by atoms with E-state index in [2.05, 4.69) is 20.7 Å². The van der Waals surface area contributed by atoms with Gasteiger partial charge >= 0.3 is 0 Å². The highest BCUT2D eigenvalue weighted by atomic mass is 19.1. The first kappa shape index (κ1) is 26.8. The average Bonchev–Trinajstić information content (AvgIpc) is 3.36. The molecule has 2 aliphatic heterocycles. The molecule has 2 fully saturated rings. The molecule has 0 bridgehead atoms. The van der Waals surface area contributed by atoms with Crippen LogP contribution in [0.2, 0.25) is 0 Å². The Hall–Kier alpha value is -4.44. The minimum atomic E-state index is -0.532. The standard InChI is InChI=1S/C32H32FN7O/c1-36-30-28-26(31(39-12-10-21(35)16-39)37-32(30)40-17-22(18-40)38(2)3)14-20(8-6-11-34)27(29(28)33)25-15-23(41)13-19-7-4-5-9-24(19)25/h4-5,7,9,13-15,21-22,41H,6,8,10,12,16-18,35H2,2-3H3/t21-/m0/s1. The lowest BCUT2D eigenvalue weighted by molar-refractivity contribution is 0.246. The maximum absolute atomic E-state index is 17.3. The molecule has 3 aromatic carbocycles. The van der Waals surface area contributed by atoms with Crippen molar-refractivity contribution in [1.82, 2.24) is 9.88 Å². The Morgan fingerprint density at radius 1 is 1.15 bits per heavy atom. The molecule has 208 valence electrons. The molecule has 8 nitrogen and oxygen atoms in total. The third-order valence-electron chi connectivity index (χ3n) is 8.40. The van der Waals surface area contributed by atoms with Crippen LogP contribution < -0.4 is 15.5 Å². The number of hydrogen-bond donors (Lipinski definition) is 2. The van der Waals surface area contributed by atoms with E-state index in [1.54, 1.807) is 12.1 Å². The Bertz CT molecular complexity index is 1750. The number of aromatic nitrogens is 1. The predicted molar refractivity (Wildman–Crippen MR) is 161 cm³/mol. The SMILES string of the molecule is [C-]#[N+]c1c(N2CC(N(C)C)C2)nc(N2CC[C@H](N)C2)c2cc(CCC#N)c(-c3cc(O)cc4ccccc34)c(F)c12. The summed E-state index contributed by atoms with van der Waals surface area (Å²) >= 11 is 0. The van der Waals surface area contributed by atoms with Crippen LogP contribution in [-0.2, 0) is 6.42 Å². The molecule has 1 aromatic heterocycles. The molecule has 4 aromatic rings. The van der Waals surface area contributed by atoms with Crippen molar-refractivity contribution in [3.8, 4) is 22.9 Å². The molecule has 0 amide bonds. The normalized spacial score (nSPS) is 17.3. The van der Waals surface area contributed by atoms with Crippen molar-refractivity contribution >= 4 is 38.9 Å². The van der Waals surface area contributed by atoms with Crippen LogP contribution in [0.5, 0.6) is 5.75 Å². The van der Waals surface area contributed by atoms with Crippen LogP contribution in [-0.4, -0.2) is 67.3 Å². The van der Waals surface area contributed by atoms with Crippen molar-refractivity contribution in [3.05, 3.63) is 65.3 Å². The van der Waals surface area contributed by atoms with Crippen molar-refractivity contribution in [2.45, 2.75) is 31.3 Å². The summed E-state index contributed by atoms with van der Waals surface area (Å²) in [4.78, 5) is 15.2. The number of hydrogen-bond acceptors (Lipinski definition) is 7. The summed E-state index contributed by atoms with van der Waals surface area (Å²) in [5, 5.41) is 22.4. The van der Waals surface area contributed by atoms with E-state index < -0.39 is 5.82 Å². The molecule has 3 N–H and O–H groups in total. The molecule has 2 saturated heterocycles. The van der Waals surface area contributed by atoms with Gasteiger partial charge in [-0.2, -0.15) is 5.26 Å². The summed E-state index contributed by atoms with van der Waals surface area (Å²) in [5.41, 5.74) is 7.93. The first-order valence-electron chi connectivity index (χ1n) is 13.9. The number of pyridine rings is 1. The van der Waals surface area contributed by atoms with E-state index in [4.69, 9.17) is 17.3 Å². The second-order valence-electron chi connectivity index (χ2n) is 11.3. The van der Waals surface area contributed by atoms with Crippen molar-refractivity contribution in [3.63, 3.8) is 0 Å². The fourth-order valence-corrected chi connectivity index (χ4v) is 6.12. The second kappa shape index (κ2) is 10.5. The molecule has 6 rings (SSSR count). The number of likely N-dealkylation sites (N-methyl/N-ethyl adjacent to an activating group) is 1. The average molecular weight is 550 g/mol. The number of fused-ring (bicyclic) bond motifs is 2. The maximum Gasteiger partial charge on any atom is 0.239 e. The van der Waals surface area contributed by atoms with Crippen LogP contribution in [0, 0.1) is 23.7 Å². The minimum absolute atomic E-state index is 0.0150. The van der Waals surface area contributed by atoms with E-state index in [1.165, 1.54) is 0 Å².